The highest BCUT2D eigenvalue weighted by Gasteiger charge is 2.30. The van der Waals surface area contributed by atoms with Crippen LogP contribution < -0.4 is 15.5 Å². The molecule has 2 N–H and O–H groups in total. The number of nitrogens with one attached hydrogen (secondary N) is 2. The summed E-state index contributed by atoms with van der Waals surface area (Å²) in [6.45, 7) is 11.7. The number of anilines is 2. The first-order valence-electron chi connectivity index (χ1n) is 13.3. The van der Waals surface area contributed by atoms with Gasteiger partial charge in [-0.1, -0.05) is 0 Å². The molecule has 9 nitrogen and oxygen atoms in total. The average Bonchev–Trinajstić information content (AvgIpc) is 2.89. The Labute approximate surface area is 213 Å². The molecule has 3 aliphatic heterocycles. The predicted molar refractivity (Wildman–Crippen MR) is 140 cm³/mol. The summed E-state index contributed by atoms with van der Waals surface area (Å²) in [4.78, 5) is 27.0. The Hall–Kier alpha value is -2.75. The number of carbonyl (C=O) groups excluding carboxylic acids is 1. The fourth-order valence-corrected chi connectivity index (χ4v) is 5.36. The average molecular weight is 495 g/mol. The van der Waals surface area contributed by atoms with Gasteiger partial charge in [-0.25, -0.2) is 14.8 Å². The van der Waals surface area contributed by atoms with Gasteiger partial charge in [0.15, 0.2) is 5.82 Å². The number of ether oxygens (including phenoxy) is 2. The fourth-order valence-electron chi connectivity index (χ4n) is 5.36. The Balaban J connectivity index is 1.42. The van der Waals surface area contributed by atoms with Crippen molar-refractivity contribution in [1.29, 1.82) is 0 Å². The van der Waals surface area contributed by atoms with Gasteiger partial charge in [-0.2, -0.15) is 0 Å². The minimum Gasteiger partial charge on any atom is -0.381 e. The normalized spacial score (nSPS) is 21.2. The molecule has 1 atom stereocenters. The molecule has 36 heavy (non-hydrogen) atoms. The van der Waals surface area contributed by atoms with E-state index in [2.05, 4.69) is 27.4 Å². The minimum atomic E-state index is -0.205. The molecule has 194 valence electrons. The highest BCUT2D eigenvalue weighted by molar-refractivity contribution is 5.89. The maximum absolute atomic E-state index is 11.9. The lowest BCUT2D eigenvalue weighted by Gasteiger charge is -2.38. The Morgan fingerprint density at radius 1 is 1.08 bits per heavy atom. The summed E-state index contributed by atoms with van der Waals surface area (Å²) in [5.74, 6) is 2.49. The van der Waals surface area contributed by atoms with Gasteiger partial charge in [0.1, 0.15) is 5.82 Å². The van der Waals surface area contributed by atoms with Crippen LogP contribution in [0.2, 0.25) is 0 Å². The van der Waals surface area contributed by atoms with Crippen LogP contribution in [0.3, 0.4) is 0 Å². The van der Waals surface area contributed by atoms with Gasteiger partial charge < -0.3 is 25.0 Å². The molecule has 2 amide bonds. The molecule has 1 unspecified atom stereocenters. The van der Waals surface area contributed by atoms with Gasteiger partial charge in [-0.3, -0.25) is 4.90 Å². The quantitative estimate of drug-likeness (QED) is 0.637. The highest BCUT2D eigenvalue weighted by atomic mass is 16.5. The number of aromatic nitrogens is 2. The van der Waals surface area contributed by atoms with E-state index < -0.39 is 0 Å². The summed E-state index contributed by atoms with van der Waals surface area (Å²) >= 11 is 0. The van der Waals surface area contributed by atoms with Gasteiger partial charge in [-0.15, -0.1) is 0 Å². The molecular formula is C27H38N6O3. The third-order valence-corrected chi connectivity index (χ3v) is 7.36. The molecule has 1 aromatic carbocycles. The van der Waals surface area contributed by atoms with Crippen LogP contribution in [0.5, 0.6) is 0 Å². The molecule has 0 bridgehead atoms. The van der Waals surface area contributed by atoms with E-state index in [9.17, 15) is 4.79 Å². The van der Waals surface area contributed by atoms with Crippen molar-refractivity contribution in [2.24, 2.45) is 5.92 Å². The van der Waals surface area contributed by atoms with Crippen LogP contribution in [0.15, 0.2) is 24.3 Å². The van der Waals surface area contributed by atoms with Gasteiger partial charge in [-0.05, 0) is 63.3 Å². The van der Waals surface area contributed by atoms with Gasteiger partial charge >= 0.3 is 6.03 Å². The number of carbonyl (C=O) groups is 1. The van der Waals surface area contributed by atoms with E-state index in [-0.39, 0.29) is 12.1 Å². The van der Waals surface area contributed by atoms with Crippen LogP contribution in [0, 0.1) is 5.92 Å². The molecule has 9 heteroatoms. The van der Waals surface area contributed by atoms with Gasteiger partial charge in [0, 0.05) is 62.8 Å². The number of hydrogen-bond acceptors (Lipinski definition) is 7. The number of hydrogen-bond donors (Lipinski definition) is 2. The predicted octanol–water partition coefficient (Wildman–Crippen LogP) is 3.29. The molecule has 2 fully saturated rings. The second-order valence-electron chi connectivity index (χ2n) is 10.0. The van der Waals surface area contributed by atoms with E-state index in [0.717, 1.165) is 87.2 Å². The maximum Gasteiger partial charge on any atom is 0.319 e. The van der Waals surface area contributed by atoms with E-state index in [4.69, 9.17) is 19.4 Å². The standard InChI is InChI=1S/C27H38N6O3/c1-3-28-27(34)29-22-6-4-21(5-7-22)25-30-24-17-32(16-20-9-13-35-14-10-20)11-8-23(24)26(31-25)33-12-15-36-18-19(33)2/h4-7,19-20H,3,8-18H2,1-2H3,(H2,28,29,34). The lowest BCUT2D eigenvalue weighted by Crippen LogP contribution is -2.45. The lowest BCUT2D eigenvalue weighted by atomic mass is 9.97. The molecule has 1 aromatic heterocycles. The number of nitrogens with zero attached hydrogens (tertiary/aromatic N) is 4. The molecule has 5 rings (SSSR count). The Morgan fingerprint density at radius 2 is 1.89 bits per heavy atom. The SMILES string of the molecule is CCNC(=O)Nc1ccc(-c2nc3c(c(N4CCOCC4C)n2)CCN(CC2CCOCC2)C3)cc1. The fraction of sp³-hybridized carbons (Fsp3) is 0.593. The summed E-state index contributed by atoms with van der Waals surface area (Å²) in [5, 5.41) is 5.61. The van der Waals surface area contributed by atoms with E-state index in [1.54, 1.807) is 0 Å². The zero-order chi connectivity index (χ0) is 24.9. The van der Waals surface area contributed by atoms with Crippen LogP contribution in [0.25, 0.3) is 11.4 Å². The van der Waals surface area contributed by atoms with Gasteiger partial charge in [0.2, 0.25) is 0 Å². The van der Waals surface area contributed by atoms with Crippen molar-refractivity contribution in [3.05, 3.63) is 35.5 Å². The zero-order valence-electron chi connectivity index (χ0n) is 21.5. The van der Waals surface area contributed by atoms with Crippen molar-refractivity contribution >= 4 is 17.5 Å². The van der Waals surface area contributed by atoms with Crippen molar-refractivity contribution in [3.63, 3.8) is 0 Å². The third kappa shape index (κ3) is 5.79. The molecule has 0 radical (unpaired) electrons. The summed E-state index contributed by atoms with van der Waals surface area (Å²) in [6, 6.07) is 7.85. The van der Waals surface area contributed by atoms with E-state index in [0.29, 0.717) is 25.7 Å². The second kappa shape index (κ2) is 11.5. The monoisotopic (exact) mass is 494 g/mol. The van der Waals surface area contributed by atoms with Crippen molar-refractivity contribution in [2.75, 3.05) is 62.8 Å². The second-order valence-corrected chi connectivity index (χ2v) is 10.0. The number of amides is 2. The molecule has 2 saturated heterocycles. The number of morpholine rings is 1. The molecule has 2 aromatic rings. The highest BCUT2D eigenvalue weighted by Crippen LogP contribution is 2.32. The van der Waals surface area contributed by atoms with Gasteiger partial charge in [0.05, 0.1) is 24.9 Å². The summed E-state index contributed by atoms with van der Waals surface area (Å²) in [7, 11) is 0. The summed E-state index contributed by atoms with van der Waals surface area (Å²) < 4.78 is 11.3. The molecule has 0 spiro atoms. The molecule has 4 heterocycles. The number of fused-ring (bicyclic) bond motifs is 1. The van der Waals surface area contributed by atoms with Crippen molar-refractivity contribution in [3.8, 4) is 11.4 Å². The molecule has 0 aliphatic carbocycles. The third-order valence-electron chi connectivity index (χ3n) is 7.36. The molecule has 0 saturated carbocycles. The van der Waals surface area contributed by atoms with Crippen molar-refractivity contribution in [2.45, 2.75) is 45.7 Å². The van der Waals surface area contributed by atoms with Crippen LogP contribution in [0.1, 0.15) is 37.9 Å². The zero-order valence-corrected chi connectivity index (χ0v) is 21.5. The van der Waals surface area contributed by atoms with E-state index >= 15 is 0 Å². The maximum atomic E-state index is 11.9. The largest absolute Gasteiger partial charge is 0.381 e. The first kappa shape index (κ1) is 24.9. The van der Waals surface area contributed by atoms with Crippen LogP contribution in [0.4, 0.5) is 16.3 Å². The number of urea groups is 1. The molecular weight excluding hydrogens is 456 g/mol. The minimum absolute atomic E-state index is 0.205. The Morgan fingerprint density at radius 3 is 2.64 bits per heavy atom. The topological polar surface area (TPSA) is 91.9 Å². The number of rotatable bonds is 6. The summed E-state index contributed by atoms with van der Waals surface area (Å²) in [6.07, 6.45) is 3.25. The summed E-state index contributed by atoms with van der Waals surface area (Å²) in [5.41, 5.74) is 4.11. The number of benzene rings is 1. The van der Waals surface area contributed by atoms with Gasteiger partial charge in [0.25, 0.3) is 0 Å². The smallest absolute Gasteiger partial charge is 0.319 e. The molecule has 3 aliphatic rings. The van der Waals surface area contributed by atoms with Crippen LogP contribution >= 0.6 is 0 Å². The lowest BCUT2D eigenvalue weighted by molar-refractivity contribution is 0.0503. The van der Waals surface area contributed by atoms with Crippen LogP contribution in [-0.4, -0.2) is 79.5 Å². The Kier molecular flexibility index (Phi) is 7.99. The van der Waals surface area contributed by atoms with E-state index in [1.165, 1.54) is 5.56 Å². The van der Waals surface area contributed by atoms with Crippen molar-refractivity contribution in [1.82, 2.24) is 20.2 Å². The van der Waals surface area contributed by atoms with Crippen molar-refractivity contribution < 1.29 is 14.3 Å². The first-order valence-corrected chi connectivity index (χ1v) is 13.3. The van der Waals surface area contributed by atoms with E-state index in [1.807, 2.05) is 31.2 Å². The van der Waals surface area contributed by atoms with Crippen LogP contribution in [-0.2, 0) is 22.4 Å². The Bertz CT molecular complexity index is 1040. The first-order chi connectivity index (χ1) is 17.6.